The van der Waals surface area contributed by atoms with E-state index in [-0.39, 0.29) is 0 Å². The summed E-state index contributed by atoms with van der Waals surface area (Å²) in [5, 5.41) is 2.07. The summed E-state index contributed by atoms with van der Waals surface area (Å²) in [6, 6.07) is 16.1. The van der Waals surface area contributed by atoms with Crippen molar-refractivity contribution in [3.63, 3.8) is 0 Å². The summed E-state index contributed by atoms with van der Waals surface area (Å²) in [6.45, 7) is 5.30. The molecule has 3 heterocycles. The average molecular weight is 451 g/mol. The maximum absolute atomic E-state index is 6.09. The minimum absolute atomic E-state index is 0.661. The van der Waals surface area contributed by atoms with Gasteiger partial charge in [0.15, 0.2) is 0 Å². The minimum atomic E-state index is 0.661. The van der Waals surface area contributed by atoms with Gasteiger partial charge in [0.1, 0.15) is 33.0 Å². The normalized spacial score (nSPS) is 11.4. The van der Waals surface area contributed by atoms with Crippen molar-refractivity contribution in [2.45, 2.75) is 26.7 Å². The molecule has 0 unspecified atom stereocenters. The molecule has 7 heteroatoms. The standard InChI is InChI=1S/C24H22N2O3S2/c1-3-27-15-7-9-19-21(11-15)30-23(25-19)13-17-5-6-18(29-17)14-24-26-20-10-8-16(28-4-2)12-22(20)31-24/h5-12H,3-4,13-14H2,1-2H3. The van der Waals surface area contributed by atoms with Crippen molar-refractivity contribution in [3.05, 3.63) is 70.1 Å². The fourth-order valence-electron chi connectivity index (χ4n) is 3.48. The predicted octanol–water partition coefficient (Wildman–Crippen LogP) is 6.48. The summed E-state index contributed by atoms with van der Waals surface area (Å²) in [5.74, 6) is 3.60. The van der Waals surface area contributed by atoms with Crippen molar-refractivity contribution < 1.29 is 13.9 Å². The molecular formula is C24H22N2O3S2. The highest BCUT2D eigenvalue weighted by Crippen LogP contribution is 2.30. The van der Waals surface area contributed by atoms with E-state index in [2.05, 4.69) is 12.1 Å². The van der Waals surface area contributed by atoms with Gasteiger partial charge in [-0.15, -0.1) is 22.7 Å². The van der Waals surface area contributed by atoms with E-state index < -0.39 is 0 Å². The summed E-state index contributed by atoms with van der Waals surface area (Å²) < 4.78 is 19.5. The van der Waals surface area contributed by atoms with Gasteiger partial charge < -0.3 is 13.9 Å². The zero-order valence-electron chi connectivity index (χ0n) is 17.4. The molecule has 0 aliphatic heterocycles. The van der Waals surface area contributed by atoms with Crippen LogP contribution >= 0.6 is 22.7 Å². The van der Waals surface area contributed by atoms with E-state index in [1.807, 2.05) is 50.2 Å². The van der Waals surface area contributed by atoms with Crippen molar-refractivity contribution in [2.24, 2.45) is 0 Å². The van der Waals surface area contributed by atoms with Gasteiger partial charge in [-0.1, -0.05) is 0 Å². The van der Waals surface area contributed by atoms with E-state index in [0.29, 0.717) is 26.1 Å². The van der Waals surface area contributed by atoms with Crippen LogP contribution < -0.4 is 9.47 Å². The molecule has 0 bridgehead atoms. The Morgan fingerprint density at radius 3 is 1.65 bits per heavy atom. The first-order valence-corrected chi connectivity index (χ1v) is 12.0. The van der Waals surface area contributed by atoms with Crippen LogP contribution in [0.1, 0.15) is 35.4 Å². The van der Waals surface area contributed by atoms with E-state index in [1.165, 1.54) is 0 Å². The molecule has 0 saturated carbocycles. The number of rotatable bonds is 8. The Balaban J connectivity index is 1.30. The Kier molecular flexibility index (Phi) is 5.61. The number of furan rings is 1. The number of ether oxygens (including phenoxy) is 2. The van der Waals surface area contributed by atoms with Crippen LogP contribution in [0.25, 0.3) is 20.4 Å². The topological polar surface area (TPSA) is 57.4 Å². The summed E-state index contributed by atoms with van der Waals surface area (Å²) in [7, 11) is 0. The van der Waals surface area contributed by atoms with Gasteiger partial charge in [-0.05, 0) is 62.4 Å². The van der Waals surface area contributed by atoms with Crippen LogP contribution in [0.15, 0.2) is 52.9 Å². The van der Waals surface area contributed by atoms with Gasteiger partial charge in [-0.3, -0.25) is 0 Å². The van der Waals surface area contributed by atoms with Crippen LogP contribution in [0.4, 0.5) is 0 Å². The highest BCUT2D eigenvalue weighted by atomic mass is 32.1. The second kappa shape index (κ2) is 8.69. The first kappa shape index (κ1) is 20.0. The fraction of sp³-hybridized carbons (Fsp3) is 0.250. The zero-order valence-corrected chi connectivity index (χ0v) is 19.0. The molecule has 0 fully saturated rings. The minimum Gasteiger partial charge on any atom is -0.494 e. The van der Waals surface area contributed by atoms with Gasteiger partial charge in [0.25, 0.3) is 0 Å². The van der Waals surface area contributed by atoms with E-state index >= 15 is 0 Å². The summed E-state index contributed by atoms with van der Waals surface area (Å²) in [6.07, 6.45) is 1.36. The van der Waals surface area contributed by atoms with Crippen molar-refractivity contribution in [1.29, 1.82) is 0 Å². The number of hydrogen-bond acceptors (Lipinski definition) is 7. The molecule has 0 spiro atoms. The molecule has 158 valence electrons. The molecule has 5 aromatic rings. The van der Waals surface area contributed by atoms with Gasteiger partial charge in [0.2, 0.25) is 0 Å². The molecule has 0 atom stereocenters. The smallest absolute Gasteiger partial charge is 0.120 e. The number of aromatic nitrogens is 2. The second-order valence-electron chi connectivity index (χ2n) is 7.06. The Hall–Kier alpha value is -2.90. The molecule has 5 nitrogen and oxygen atoms in total. The van der Waals surface area contributed by atoms with Crippen molar-refractivity contribution >= 4 is 43.1 Å². The number of thiazole rings is 2. The number of hydrogen-bond donors (Lipinski definition) is 0. The highest BCUT2D eigenvalue weighted by Gasteiger charge is 2.12. The first-order chi connectivity index (χ1) is 15.2. The number of benzene rings is 2. The number of nitrogens with zero attached hydrogens (tertiary/aromatic N) is 2. The highest BCUT2D eigenvalue weighted by molar-refractivity contribution is 7.18. The second-order valence-corrected chi connectivity index (χ2v) is 9.29. The lowest BCUT2D eigenvalue weighted by Crippen LogP contribution is -1.90. The lowest BCUT2D eigenvalue weighted by Gasteiger charge is -2.00. The number of fused-ring (bicyclic) bond motifs is 2. The maximum Gasteiger partial charge on any atom is 0.120 e. The van der Waals surface area contributed by atoms with E-state index in [0.717, 1.165) is 53.5 Å². The van der Waals surface area contributed by atoms with Crippen LogP contribution in [0.3, 0.4) is 0 Å². The maximum atomic E-state index is 6.09. The Morgan fingerprint density at radius 2 is 1.19 bits per heavy atom. The monoisotopic (exact) mass is 450 g/mol. The summed E-state index contributed by atoms with van der Waals surface area (Å²) >= 11 is 3.36. The summed E-state index contributed by atoms with van der Waals surface area (Å²) in [5.41, 5.74) is 1.99. The molecule has 0 N–H and O–H groups in total. The van der Waals surface area contributed by atoms with Crippen LogP contribution in [0.5, 0.6) is 11.5 Å². The molecule has 0 amide bonds. The Bertz CT molecular complexity index is 1230. The van der Waals surface area contributed by atoms with Gasteiger partial charge in [-0.2, -0.15) is 0 Å². The Morgan fingerprint density at radius 1 is 0.710 bits per heavy atom. The van der Waals surface area contributed by atoms with Crippen LogP contribution in [-0.2, 0) is 12.8 Å². The average Bonchev–Trinajstić information content (AvgIpc) is 3.46. The molecule has 31 heavy (non-hydrogen) atoms. The molecular weight excluding hydrogens is 428 g/mol. The summed E-state index contributed by atoms with van der Waals surface area (Å²) in [4.78, 5) is 9.47. The Labute approximate surface area is 188 Å². The van der Waals surface area contributed by atoms with Crippen molar-refractivity contribution in [2.75, 3.05) is 13.2 Å². The predicted molar refractivity (Wildman–Crippen MR) is 126 cm³/mol. The van der Waals surface area contributed by atoms with Crippen molar-refractivity contribution in [1.82, 2.24) is 9.97 Å². The van der Waals surface area contributed by atoms with E-state index in [4.69, 9.17) is 23.9 Å². The third-order valence-corrected chi connectivity index (χ3v) is 6.83. The quantitative estimate of drug-likeness (QED) is 0.271. The first-order valence-electron chi connectivity index (χ1n) is 10.3. The van der Waals surface area contributed by atoms with Gasteiger partial charge in [0.05, 0.1) is 46.5 Å². The fourth-order valence-corrected chi connectivity index (χ4v) is 5.49. The molecule has 0 aliphatic carbocycles. The zero-order chi connectivity index (χ0) is 21.2. The van der Waals surface area contributed by atoms with Gasteiger partial charge in [-0.25, -0.2) is 9.97 Å². The van der Waals surface area contributed by atoms with E-state index in [1.54, 1.807) is 22.7 Å². The SMILES string of the molecule is CCOc1ccc2nc(Cc3ccc(Cc4nc5ccc(OCC)cc5s4)o3)sc2c1. The lowest BCUT2D eigenvalue weighted by molar-refractivity contribution is 0.340. The van der Waals surface area contributed by atoms with Crippen LogP contribution in [0, 0.1) is 0 Å². The third-order valence-electron chi connectivity index (χ3n) is 4.80. The largest absolute Gasteiger partial charge is 0.494 e. The third kappa shape index (κ3) is 4.43. The van der Waals surface area contributed by atoms with Crippen molar-refractivity contribution in [3.8, 4) is 11.5 Å². The molecule has 3 aromatic heterocycles. The molecule has 0 aliphatic rings. The van der Waals surface area contributed by atoms with E-state index in [9.17, 15) is 0 Å². The molecule has 0 saturated heterocycles. The van der Waals surface area contributed by atoms with Gasteiger partial charge in [0, 0.05) is 0 Å². The molecule has 2 aromatic carbocycles. The molecule has 5 rings (SSSR count). The molecule has 0 radical (unpaired) electrons. The lowest BCUT2D eigenvalue weighted by atomic mass is 10.3. The van der Waals surface area contributed by atoms with Crippen LogP contribution in [0.2, 0.25) is 0 Å². The van der Waals surface area contributed by atoms with Crippen LogP contribution in [-0.4, -0.2) is 23.2 Å². The van der Waals surface area contributed by atoms with Gasteiger partial charge >= 0.3 is 0 Å².